The van der Waals surface area contributed by atoms with Crippen molar-refractivity contribution in [2.45, 2.75) is 0 Å². The molecule has 0 fully saturated rings. The van der Waals surface area contributed by atoms with Crippen LogP contribution in [0.1, 0.15) is 5.56 Å². The van der Waals surface area contributed by atoms with Gasteiger partial charge in [0.2, 0.25) is 0 Å². The van der Waals surface area contributed by atoms with Gasteiger partial charge in [0.15, 0.2) is 5.21 Å². The van der Waals surface area contributed by atoms with Crippen molar-refractivity contribution in [3.8, 4) is 23.1 Å². The van der Waals surface area contributed by atoms with E-state index in [4.69, 9.17) is 5.26 Å². The second-order valence-electron chi connectivity index (χ2n) is 3.98. The first-order valence-corrected chi connectivity index (χ1v) is 5.77. The van der Waals surface area contributed by atoms with Crippen molar-refractivity contribution >= 4 is 0 Å². The Bertz CT molecular complexity index is 723. The number of tetrazole rings is 1. The Balaban J connectivity index is 2.07. The summed E-state index contributed by atoms with van der Waals surface area (Å²) in [4.78, 5) is 0. The predicted octanol–water partition coefficient (Wildman–Crippen LogP) is 1.62. The van der Waals surface area contributed by atoms with Crippen molar-refractivity contribution in [3.05, 3.63) is 60.2 Å². The number of rotatable bonds is 2. The molecule has 0 saturated carbocycles. The number of nitrogens with zero attached hydrogens (tertiary/aromatic N) is 4. The first kappa shape index (κ1) is 11.1. The number of aromatic amines is 1. The van der Waals surface area contributed by atoms with Crippen molar-refractivity contribution in [3.63, 3.8) is 0 Å². The van der Waals surface area contributed by atoms with Crippen LogP contribution < -0.4 is 4.68 Å². The summed E-state index contributed by atoms with van der Waals surface area (Å²) in [6, 6.07) is 19.1. The molecule has 0 spiro atoms. The molecule has 3 rings (SSSR count). The van der Waals surface area contributed by atoms with E-state index in [1.165, 1.54) is 0 Å². The maximum Gasteiger partial charge on any atom is 0.337 e. The minimum absolute atomic E-state index is 0.623. The van der Waals surface area contributed by atoms with E-state index >= 15 is 0 Å². The maximum atomic E-state index is 8.80. The fraction of sp³-hybridized carbons (Fsp3) is 0. The molecule has 2 aromatic carbocycles. The van der Waals surface area contributed by atoms with Crippen LogP contribution in [-0.4, -0.2) is 15.5 Å². The molecule has 1 heterocycles. The molecule has 3 aromatic rings. The molecule has 90 valence electrons. The molecule has 0 amide bonds. The summed E-state index contributed by atoms with van der Waals surface area (Å²) in [5.41, 5.74) is 2.47. The van der Waals surface area contributed by atoms with E-state index < -0.39 is 0 Å². The summed E-state index contributed by atoms with van der Waals surface area (Å²) in [7, 11) is 0. The molecule has 5 nitrogen and oxygen atoms in total. The third-order valence-corrected chi connectivity index (χ3v) is 2.79. The zero-order valence-electron chi connectivity index (χ0n) is 9.99. The minimum atomic E-state index is 0.623. The highest BCUT2D eigenvalue weighted by atomic mass is 15.5. The lowest BCUT2D eigenvalue weighted by Gasteiger charge is -1.98. The fourth-order valence-electron chi connectivity index (χ4n) is 1.85. The lowest BCUT2D eigenvalue weighted by atomic mass is 10.2. The minimum Gasteiger partial charge on any atom is -0.192 e. The van der Waals surface area contributed by atoms with Gasteiger partial charge in [0.25, 0.3) is 0 Å². The van der Waals surface area contributed by atoms with Crippen LogP contribution >= 0.6 is 0 Å². The summed E-state index contributed by atoms with van der Waals surface area (Å²) in [5.74, 6) is 0.727. The van der Waals surface area contributed by atoms with Gasteiger partial charge in [0.05, 0.1) is 17.2 Å². The molecule has 0 saturated heterocycles. The number of nitrogens with one attached hydrogen (secondary N) is 1. The van der Waals surface area contributed by atoms with Crippen molar-refractivity contribution in [2.24, 2.45) is 0 Å². The van der Waals surface area contributed by atoms with E-state index in [1.54, 1.807) is 16.8 Å². The predicted molar refractivity (Wildman–Crippen MR) is 68.1 cm³/mol. The van der Waals surface area contributed by atoms with Crippen LogP contribution in [0.25, 0.3) is 17.1 Å². The molecule has 0 atom stereocenters. The fourth-order valence-corrected chi connectivity index (χ4v) is 1.85. The molecule has 0 bridgehead atoms. The van der Waals surface area contributed by atoms with Crippen LogP contribution in [0.5, 0.6) is 0 Å². The molecule has 19 heavy (non-hydrogen) atoms. The zero-order valence-corrected chi connectivity index (χ0v) is 9.99. The number of hydrogen-bond donors (Lipinski definition) is 1. The van der Waals surface area contributed by atoms with Gasteiger partial charge in [-0.25, -0.2) is 0 Å². The van der Waals surface area contributed by atoms with Crippen LogP contribution in [0.4, 0.5) is 0 Å². The second-order valence-corrected chi connectivity index (χ2v) is 3.98. The van der Waals surface area contributed by atoms with Crippen molar-refractivity contribution in [1.29, 1.82) is 5.26 Å². The van der Waals surface area contributed by atoms with Crippen LogP contribution in [0.3, 0.4) is 0 Å². The summed E-state index contributed by atoms with van der Waals surface area (Å²) < 4.78 is 1.77. The lowest BCUT2D eigenvalue weighted by Crippen LogP contribution is -2.35. The number of H-pyrrole nitrogens is 1. The second kappa shape index (κ2) is 4.70. The summed E-state index contributed by atoms with van der Waals surface area (Å²) in [6.45, 7) is 0. The van der Waals surface area contributed by atoms with Gasteiger partial charge in [0, 0.05) is 0 Å². The zero-order chi connectivity index (χ0) is 13.1. The Morgan fingerprint density at radius 1 is 1.00 bits per heavy atom. The molecule has 0 radical (unpaired) electrons. The van der Waals surface area contributed by atoms with Crippen LogP contribution in [-0.2, 0) is 0 Å². The maximum absolute atomic E-state index is 8.80. The van der Waals surface area contributed by atoms with Gasteiger partial charge in [0.1, 0.15) is 10.8 Å². The summed E-state index contributed by atoms with van der Waals surface area (Å²) in [6.07, 6.45) is 0. The number of aromatic nitrogens is 4. The van der Waals surface area contributed by atoms with E-state index in [9.17, 15) is 0 Å². The normalized spacial score (nSPS) is 10.1. The standard InChI is InChI=1S/C14H9N5/c15-10-11-6-8-13(9-7-11)19-14(16-17-18-19)12-4-2-1-3-5-12/h1-9H/p+1. The molecule has 0 unspecified atom stereocenters. The van der Waals surface area contributed by atoms with Gasteiger partial charge in [-0.05, 0) is 36.4 Å². The lowest BCUT2D eigenvalue weighted by molar-refractivity contribution is -0.649. The molecule has 0 aliphatic carbocycles. The highest BCUT2D eigenvalue weighted by Gasteiger charge is 2.18. The summed E-state index contributed by atoms with van der Waals surface area (Å²) >= 11 is 0. The molecule has 0 aliphatic heterocycles. The summed E-state index contributed by atoms with van der Waals surface area (Å²) in [5, 5.41) is 19.6. The average molecular weight is 248 g/mol. The van der Waals surface area contributed by atoms with Crippen molar-refractivity contribution in [2.75, 3.05) is 0 Å². The van der Waals surface area contributed by atoms with Crippen LogP contribution in [0.2, 0.25) is 0 Å². The van der Waals surface area contributed by atoms with E-state index in [1.807, 2.05) is 42.5 Å². The Labute approximate surface area is 109 Å². The Morgan fingerprint density at radius 2 is 1.74 bits per heavy atom. The van der Waals surface area contributed by atoms with Crippen LogP contribution in [0.15, 0.2) is 54.6 Å². The number of nitriles is 1. The van der Waals surface area contributed by atoms with Crippen LogP contribution in [0, 0.1) is 11.3 Å². The molecular formula is C14H10N5+. The Hall–Kier alpha value is -3.00. The van der Waals surface area contributed by atoms with Crippen molar-refractivity contribution in [1.82, 2.24) is 15.5 Å². The third kappa shape index (κ3) is 2.07. The van der Waals surface area contributed by atoms with Gasteiger partial charge in [-0.2, -0.15) is 5.26 Å². The molecular weight excluding hydrogens is 238 g/mol. The largest absolute Gasteiger partial charge is 0.337 e. The van der Waals surface area contributed by atoms with Gasteiger partial charge >= 0.3 is 5.82 Å². The molecule has 1 aromatic heterocycles. The highest BCUT2D eigenvalue weighted by molar-refractivity contribution is 5.51. The van der Waals surface area contributed by atoms with Gasteiger partial charge < -0.3 is 0 Å². The van der Waals surface area contributed by atoms with Gasteiger partial charge in [-0.15, -0.1) is 4.68 Å². The highest BCUT2D eigenvalue weighted by Crippen LogP contribution is 2.12. The quantitative estimate of drug-likeness (QED) is 0.700. The molecule has 0 aliphatic rings. The van der Waals surface area contributed by atoms with Crippen molar-refractivity contribution < 1.29 is 4.68 Å². The number of benzene rings is 2. The monoisotopic (exact) mass is 248 g/mol. The first-order chi connectivity index (χ1) is 9.38. The van der Waals surface area contributed by atoms with E-state index in [2.05, 4.69) is 21.6 Å². The van der Waals surface area contributed by atoms with E-state index in [-0.39, 0.29) is 0 Å². The molecule has 5 heteroatoms. The van der Waals surface area contributed by atoms with E-state index in [0.717, 1.165) is 17.1 Å². The Morgan fingerprint density at radius 3 is 2.42 bits per heavy atom. The first-order valence-electron chi connectivity index (χ1n) is 5.77. The van der Waals surface area contributed by atoms with E-state index in [0.29, 0.717) is 5.56 Å². The SMILES string of the molecule is N#Cc1ccc(-[n+]2[nH]nnc2-c2ccccc2)cc1. The third-order valence-electron chi connectivity index (χ3n) is 2.79. The van der Waals surface area contributed by atoms with Gasteiger partial charge in [-0.1, -0.05) is 23.4 Å². The van der Waals surface area contributed by atoms with Gasteiger partial charge in [-0.3, -0.25) is 0 Å². The topological polar surface area (TPSA) is 69.2 Å². The smallest absolute Gasteiger partial charge is 0.192 e. The molecule has 1 N–H and O–H groups in total. The Kier molecular flexibility index (Phi) is 2.75. The number of hydrogen-bond acceptors (Lipinski definition) is 3. The average Bonchev–Trinajstić information content (AvgIpc) is 2.98.